The molecule has 0 bridgehead atoms. The number of hydrogen-bond donors (Lipinski definition) is 1. The van der Waals surface area contributed by atoms with Gasteiger partial charge in [-0.3, -0.25) is 18.6 Å². The Morgan fingerprint density at radius 2 is 1.86 bits per heavy atom. The molecule has 35 heavy (non-hydrogen) atoms. The summed E-state index contributed by atoms with van der Waals surface area (Å²) in [5.74, 6) is 1.24. The van der Waals surface area contributed by atoms with E-state index in [-0.39, 0.29) is 23.3 Å². The van der Waals surface area contributed by atoms with E-state index in [1.807, 2.05) is 53.8 Å². The van der Waals surface area contributed by atoms with Crippen LogP contribution < -0.4 is 10.9 Å². The average Bonchev–Trinajstić information content (AvgIpc) is 3.47. The first-order chi connectivity index (χ1) is 17.0. The number of benzene rings is 2. The van der Waals surface area contributed by atoms with Gasteiger partial charge in [-0.25, -0.2) is 4.98 Å². The van der Waals surface area contributed by atoms with Crippen molar-refractivity contribution in [3.05, 3.63) is 77.4 Å². The van der Waals surface area contributed by atoms with Crippen molar-refractivity contribution in [1.29, 1.82) is 0 Å². The molecule has 9 nitrogen and oxygen atoms in total. The van der Waals surface area contributed by atoms with Crippen LogP contribution in [0.1, 0.15) is 25.7 Å². The predicted molar refractivity (Wildman–Crippen MR) is 138 cm³/mol. The maximum atomic E-state index is 12.9. The van der Waals surface area contributed by atoms with Gasteiger partial charge in [-0.1, -0.05) is 42.1 Å². The predicted octanol–water partition coefficient (Wildman–Crippen LogP) is 3.57. The molecule has 1 amide bonds. The standard InChI is InChI=1S/C25H25N7O2S/c1-4-14-31-23(34)17-10-6-8-12-19(17)32-24(31)28-29-25(32)35-15-21(33)26-16(3)22-27-18-11-7-9-13-20(18)30(22)5-2/h4,6-13,16H,1,5,14-15H2,2-3H3,(H,26,33). The molecular weight excluding hydrogens is 462 g/mol. The van der Waals surface area contributed by atoms with Crippen LogP contribution in [0.4, 0.5) is 0 Å². The van der Waals surface area contributed by atoms with Crippen molar-refractivity contribution in [1.82, 2.24) is 34.0 Å². The highest BCUT2D eigenvalue weighted by Gasteiger charge is 2.20. The monoisotopic (exact) mass is 487 g/mol. The topological polar surface area (TPSA) is 99.1 Å². The molecule has 3 heterocycles. The number of carbonyl (C=O) groups is 1. The Labute approximate surface area is 205 Å². The Kier molecular flexibility index (Phi) is 6.12. The van der Waals surface area contributed by atoms with Gasteiger partial charge in [0.1, 0.15) is 5.82 Å². The zero-order chi connectivity index (χ0) is 24.5. The van der Waals surface area contributed by atoms with Crippen LogP contribution >= 0.6 is 11.8 Å². The highest BCUT2D eigenvalue weighted by Crippen LogP contribution is 2.23. The molecule has 0 radical (unpaired) electrons. The molecule has 1 atom stereocenters. The molecule has 3 aromatic heterocycles. The maximum Gasteiger partial charge on any atom is 0.263 e. The number of nitrogens with zero attached hydrogens (tertiary/aromatic N) is 6. The van der Waals surface area contributed by atoms with Gasteiger partial charge in [0, 0.05) is 13.1 Å². The lowest BCUT2D eigenvalue weighted by Gasteiger charge is -2.15. The molecule has 0 spiro atoms. The number of imidazole rings is 1. The van der Waals surface area contributed by atoms with Gasteiger partial charge in [-0.15, -0.1) is 16.8 Å². The third kappa shape index (κ3) is 3.99. The first-order valence-corrected chi connectivity index (χ1v) is 12.4. The lowest BCUT2D eigenvalue weighted by atomic mass is 10.2. The quantitative estimate of drug-likeness (QED) is 0.265. The minimum Gasteiger partial charge on any atom is -0.346 e. The molecule has 0 saturated carbocycles. The van der Waals surface area contributed by atoms with Gasteiger partial charge >= 0.3 is 0 Å². The lowest BCUT2D eigenvalue weighted by molar-refractivity contribution is -0.119. The number of fused-ring (bicyclic) bond motifs is 4. The third-order valence-corrected chi connectivity index (χ3v) is 6.82. The summed E-state index contributed by atoms with van der Waals surface area (Å²) in [4.78, 5) is 30.5. The van der Waals surface area contributed by atoms with Gasteiger partial charge in [-0.05, 0) is 38.1 Å². The molecule has 0 aliphatic heterocycles. The SMILES string of the molecule is C=CCn1c(=O)c2ccccc2n2c(SCC(=O)NC(C)c3nc4ccccc4n3CC)nnc12. The zero-order valence-electron chi connectivity index (χ0n) is 19.5. The minimum absolute atomic E-state index is 0.141. The summed E-state index contributed by atoms with van der Waals surface area (Å²) in [6.07, 6.45) is 1.65. The highest BCUT2D eigenvalue weighted by atomic mass is 32.2. The molecule has 0 fully saturated rings. The molecule has 5 aromatic rings. The van der Waals surface area contributed by atoms with Crippen molar-refractivity contribution in [2.45, 2.75) is 38.1 Å². The van der Waals surface area contributed by atoms with E-state index >= 15 is 0 Å². The van der Waals surface area contributed by atoms with E-state index in [0.29, 0.717) is 28.4 Å². The Hall–Kier alpha value is -3.92. The Morgan fingerprint density at radius 1 is 1.11 bits per heavy atom. The van der Waals surface area contributed by atoms with Crippen LogP contribution in [0.2, 0.25) is 0 Å². The van der Waals surface area contributed by atoms with Crippen molar-refractivity contribution in [3.8, 4) is 0 Å². The Morgan fingerprint density at radius 3 is 2.63 bits per heavy atom. The number of para-hydroxylation sites is 3. The fourth-order valence-corrected chi connectivity index (χ4v) is 5.11. The first kappa shape index (κ1) is 22.9. The summed E-state index contributed by atoms with van der Waals surface area (Å²) < 4.78 is 5.46. The smallest absolute Gasteiger partial charge is 0.263 e. The van der Waals surface area contributed by atoms with Crippen LogP contribution in [-0.2, 0) is 17.9 Å². The summed E-state index contributed by atoms with van der Waals surface area (Å²) in [5.41, 5.74) is 2.51. The van der Waals surface area contributed by atoms with Crippen LogP contribution in [0.3, 0.4) is 0 Å². The van der Waals surface area contributed by atoms with Crippen LogP contribution in [-0.4, -0.2) is 40.4 Å². The second kappa shape index (κ2) is 9.38. The molecule has 0 aliphatic rings. The fraction of sp³-hybridized carbons (Fsp3) is 0.240. The van der Waals surface area contributed by atoms with E-state index in [1.165, 1.54) is 16.3 Å². The van der Waals surface area contributed by atoms with Gasteiger partial charge in [0.2, 0.25) is 11.7 Å². The largest absolute Gasteiger partial charge is 0.346 e. The van der Waals surface area contributed by atoms with Crippen LogP contribution in [0, 0.1) is 0 Å². The summed E-state index contributed by atoms with van der Waals surface area (Å²) in [5, 5.41) is 12.7. The summed E-state index contributed by atoms with van der Waals surface area (Å²) in [6.45, 7) is 8.82. The molecule has 0 aliphatic carbocycles. The van der Waals surface area contributed by atoms with Crippen molar-refractivity contribution >= 4 is 45.4 Å². The fourth-order valence-electron chi connectivity index (χ4n) is 4.36. The molecular formula is C25H25N7O2S. The van der Waals surface area contributed by atoms with E-state index < -0.39 is 0 Å². The maximum absolute atomic E-state index is 12.9. The number of carbonyl (C=O) groups excluding carboxylic acids is 1. The van der Waals surface area contributed by atoms with Crippen molar-refractivity contribution in [3.63, 3.8) is 0 Å². The number of rotatable bonds is 8. The number of hydrogen-bond acceptors (Lipinski definition) is 6. The average molecular weight is 488 g/mol. The second-order valence-corrected chi connectivity index (χ2v) is 9.06. The number of thioether (sulfide) groups is 1. The van der Waals surface area contributed by atoms with Crippen LogP contribution in [0.5, 0.6) is 0 Å². The van der Waals surface area contributed by atoms with Gasteiger partial charge in [-0.2, -0.15) is 0 Å². The number of amides is 1. The van der Waals surface area contributed by atoms with Crippen molar-refractivity contribution in [2.24, 2.45) is 0 Å². The van der Waals surface area contributed by atoms with Gasteiger partial charge < -0.3 is 9.88 Å². The molecule has 2 aromatic carbocycles. The van der Waals surface area contributed by atoms with Crippen molar-refractivity contribution < 1.29 is 4.79 Å². The van der Waals surface area contributed by atoms with E-state index in [2.05, 4.69) is 33.6 Å². The van der Waals surface area contributed by atoms with Crippen LogP contribution in [0.25, 0.3) is 27.7 Å². The molecule has 178 valence electrons. The lowest BCUT2D eigenvalue weighted by Crippen LogP contribution is -2.30. The molecule has 0 saturated heterocycles. The van der Waals surface area contributed by atoms with Gasteiger partial charge in [0.15, 0.2) is 5.16 Å². The number of nitrogens with one attached hydrogen (secondary N) is 1. The normalized spacial score (nSPS) is 12.4. The van der Waals surface area contributed by atoms with E-state index in [4.69, 9.17) is 4.98 Å². The number of allylic oxidation sites excluding steroid dienone is 1. The minimum atomic E-state index is -0.260. The molecule has 1 N–H and O–H groups in total. The van der Waals surface area contributed by atoms with Crippen molar-refractivity contribution in [2.75, 3.05) is 5.75 Å². The van der Waals surface area contributed by atoms with E-state index in [1.54, 1.807) is 12.1 Å². The highest BCUT2D eigenvalue weighted by molar-refractivity contribution is 7.99. The zero-order valence-corrected chi connectivity index (χ0v) is 20.3. The van der Waals surface area contributed by atoms with Gasteiger partial charge in [0.25, 0.3) is 5.56 Å². The second-order valence-electron chi connectivity index (χ2n) is 8.12. The molecule has 5 rings (SSSR count). The molecule has 1 unspecified atom stereocenters. The molecule has 10 heteroatoms. The van der Waals surface area contributed by atoms with Crippen LogP contribution in [0.15, 0.2) is 71.1 Å². The summed E-state index contributed by atoms with van der Waals surface area (Å²) in [6, 6.07) is 15.0. The Balaban J connectivity index is 1.40. The van der Waals surface area contributed by atoms with E-state index in [0.717, 1.165) is 23.4 Å². The Bertz CT molecular complexity index is 1630. The number of aromatic nitrogens is 6. The third-order valence-electron chi connectivity index (χ3n) is 5.89. The summed E-state index contributed by atoms with van der Waals surface area (Å²) in [7, 11) is 0. The first-order valence-electron chi connectivity index (χ1n) is 11.4. The number of aryl methyl sites for hydroxylation is 1. The van der Waals surface area contributed by atoms with Gasteiger partial charge in [0.05, 0.1) is 33.7 Å². The summed E-state index contributed by atoms with van der Waals surface area (Å²) >= 11 is 1.27. The van der Waals surface area contributed by atoms with E-state index in [9.17, 15) is 9.59 Å².